The number of nitrogens with zero attached hydrogens (tertiary/aromatic N) is 1. The van der Waals surface area contributed by atoms with E-state index in [4.69, 9.17) is 21.1 Å². The van der Waals surface area contributed by atoms with E-state index in [9.17, 15) is 18.0 Å². The van der Waals surface area contributed by atoms with E-state index in [1.807, 2.05) is 13.8 Å². The first-order valence-corrected chi connectivity index (χ1v) is 12.8. The minimum Gasteiger partial charge on any atom is -0.484 e. The van der Waals surface area contributed by atoms with E-state index in [0.29, 0.717) is 23.5 Å². The number of alkyl carbamates (subject to hydrolysis) is 1. The lowest BCUT2D eigenvalue weighted by atomic mass is 9.85. The first kappa shape index (κ1) is 26.1. The molecule has 10 heteroatoms. The molecule has 0 saturated carbocycles. The van der Waals surface area contributed by atoms with Crippen molar-refractivity contribution in [1.29, 1.82) is 0 Å². The van der Waals surface area contributed by atoms with Gasteiger partial charge in [-0.1, -0.05) is 25.4 Å². The number of hydrogen-bond donors (Lipinski definition) is 1. The number of benzene rings is 2. The van der Waals surface area contributed by atoms with Crippen molar-refractivity contribution in [3.05, 3.63) is 52.3 Å². The SMILES string of the molecule is CC1(C)Cc2cc(-c3ccc(OCC(F)(F)F)cc3Cl)c(F)cc2[C@@H]1NC(=O)O[C@@H]1CN2CCC1CC2. The van der Waals surface area contributed by atoms with Gasteiger partial charge in [0.05, 0.1) is 11.1 Å². The van der Waals surface area contributed by atoms with E-state index in [0.717, 1.165) is 38.0 Å². The number of alkyl halides is 3. The van der Waals surface area contributed by atoms with Crippen molar-refractivity contribution in [2.45, 2.75) is 51.4 Å². The van der Waals surface area contributed by atoms with E-state index in [-0.39, 0.29) is 27.9 Å². The highest BCUT2D eigenvalue weighted by Gasteiger charge is 2.42. The second-order valence-corrected chi connectivity index (χ2v) is 11.3. The molecule has 2 bridgehead atoms. The first-order chi connectivity index (χ1) is 17.4. The molecule has 1 amide bonds. The Morgan fingerprint density at radius 1 is 1.16 bits per heavy atom. The zero-order chi connectivity index (χ0) is 26.5. The van der Waals surface area contributed by atoms with Crippen molar-refractivity contribution in [1.82, 2.24) is 10.2 Å². The second kappa shape index (κ2) is 9.66. The number of ether oxygens (including phenoxy) is 2. The number of halogens is 5. The van der Waals surface area contributed by atoms with Gasteiger partial charge in [0.1, 0.15) is 17.7 Å². The fourth-order valence-corrected chi connectivity index (χ4v) is 6.12. The largest absolute Gasteiger partial charge is 0.484 e. The van der Waals surface area contributed by atoms with Crippen molar-refractivity contribution in [2.24, 2.45) is 11.3 Å². The zero-order valence-electron chi connectivity index (χ0n) is 20.6. The summed E-state index contributed by atoms with van der Waals surface area (Å²) in [5, 5.41) is 3.06. The third kappa shape index (κ3) is 5.53. The van der Waals surface area contributed by atoms with E-state index < -0.39 is 30.7 Å². The monoisotopic (exact) mass is 540 g/mol. The van der Waals surface area contributed by atoms with E-state index in [1.165, 1.54) is 24.3 Å². The number of rotatable bonds is 5. The molecule has 1 N–H and O–H groups in total. The maximum atomic E-state index is 15.4. The highest BCUT2D eigenvalue weighted by atomic mass is 35.5. The van der Waals surface area contributed by atoms with Crippen molar-refractivity contribution in [3.8, 4) is 16.9 Å². The quantitative estimate of drug-likeness (QED) is 0.438. The zero-order valence-corrected chi connectivity index (χ0v) is 21.4. The molecule has 2 aromatic carbocycles. The number of carbonyl (C=O) groups excluding carboxylic acids is 1. The molecular weight excluding hydrogens is 512 g/mol. The minimum atomic E-state index is -4.48. The number of carbonyl (C=O) groups is 1. The summed E-state index contributed by atoms with van der Waals surface area (Å²) in [6, 6.07) is 6.69. The van der Waals surface area contributed by atoms with Crippen LogP contribution in [0.4, 0.5) is 22.4 Å². The lowest BCUT2D eigenvalue weighted by molar-refractivity contribution is -0.153. The average Bonchev–Trinajstić information content (AvgIpc) is 3.06. The molecule has 200 valence electrons. The summed E-state index contributed by atoms with van der Waals surface area (Å²) in [7, 11) is 0. The lowest BCUT2D eigenvalue weighted by Gasteiger charge is -2.44. The van der Waals surface area contributed by atoms with Crippen LogP contribution in [0.25, 0.3) is 11.1 Å². The molecule has 0 unspecified atom stereocenters. The summed E-state index contributed by atoms with van der Waals surface area (Å²) in [4.78, 5) is 15.2. The number of fused-ring (bicyclic) bond motifs is 4. The highest BCUT2D eigenvalue weighted by molar-refractivity contribution is 6.33. The summed E-state index contributed by atoms with van der Waals surface area (Å²) in [6.45, 7) is 5.41. The number of amides is 1. The Bertz CT molecular complexity index is 1190. The predicted octanol–water partition coefficient (Wildman–Crippen LogP) is 6.53. The Balaban J connectivity index is 1.34. The molecule has 3 heterocycles. The van der Waals surface area contributed by atoms with Crippen molar-refractivity contribution in [3.63, 3.8) is 0 Å². The van der Waals surface area contributed by atoms with Gasteiger partial charge in [-0.3, -0.25) is 4.90 Å². The highest BCUT2D eigenvalue weighted by Crippen LogP contribution is 2.47. The Morgan fingerprint density at radius 2 is 1.89 bits per heavy atom. The normalized spacial score (nSPS) is 26.0. The third-order valence-electron chi connectivity index (χ3n) is 7.72. The average molecular weight is 541 g/mol. The first-order valence-electron chi connectivity index (χ1n) is 12.4. The van der Waals surface area contributed by atoms with Crippen molar-refractivity contribution >= 4 is 17.7 Å². The van der Waals surface area contributed by atoms with Crippen LogP contribution in [0.1, 0.15) is 43.9 Å². The molecule has 0 spiro atoms. The summed E-state index contributed by atoms with van der Waals surface area (Å²) in [5.41, 5.74) is 1.73. The molecule has 0 radical (unpaired) electrons. The van der Waals surface area contributed by atoms with E-state index in [2.05, 4.69) is 10.2 Å². The summed E-state index contributed by atoms with van der Waals surface area (Å²) < 4.78 is 63.2. The molecule has 6 rings (SSSR count). The van der Waals surface area contributed by atoms with Crippen LogP contribution < -0.4 is 10.1 Å². The fourth-order valence-electron chi connectivity index (χ4n) is 5.85. The van der Waals surface area contributed by atoms with Crippen LogP contribution in [-0.2, 0) is 11.2 Å². The lowest BCUT2D eigenvalue weighted by Crippen LogP contribution is -2.53. The van der Waals surface area contributed by atoms with Gasteiger partial charge in [-0.15, -0.1) is 0 Å². The van der Waals surface area contributed by atoms with Crippen LogP contribution >= 0.6 is 11.6 Å². The Labute approximate surface area is 218 Å². The van der Waals surface area contributed by atoms with Gasteiger partial charge in [0.2, 0.25) is 0 Å². The molecule has 3 aliphatic heterocycles. The summed E-state index contributed by atoms with van der Waals surface area (Å²) in [5.74, 6) is -0.214. The van der Waals surface area contributed by atoms with E-state index >= 15 is 4.39 Å². The smallest absolute Gasteiger partial charge is 0.422 e. The summed E-state index contributed by atoms with van der Waals surface area (Å²) in [6.07, 6.45) is -2.45. The van der Waals surface area contributed by atoms with E-state index in [1.54, 1.807) is 6.07 Å². The van der Waals surface area contributed by atoms with Gasteiger partial charge in [0.25, 0.3) is 0 Å². The van der Waals surface area contributed by atoms with Gasteiger partial charge in [-0.25, -0.2) is 9.18 Å². The predicted molar refractivity (Wildman–Crippen MR) is 131 cm³/mol. The number of piperidine rings is 3. The molecule has 2 atom stereocenters. The van der Waals surface area contributed by atoms with Gasteiger partial charge in [0, 0.05) is 17.7 Å². The van der Waals surface area contributed by atoms with Crippen LogP contribution in [0.5, 0.6) is 5.75 Å². The Kier molecular flexibility index (Phi) is 6.81. The Morgan fingerprint density at radius 3 is 2.51 bits per heavy atom. The molecule has 3 saturated heterocycles. The van der Waals surface area contributed by atoms with Crippen molar-refractivity contribution in [2.75, 3.05) is 26.2 Å². The Hall–Kier alpha value is -2.52. The molecular formula is C27H29ClF4N2O3. The van der Waals surface area contributed by atoms with Crippen LogP contribution in [-0.4, -0.2) is 49.5 Å². The van der Waals surface area contributed by atoms with Gasteiger partial charge in [0.15, 0.2) is 6.61 Å². The molecule has 1 aliphatic carbocycles. The number of nitrogens with one attached hydrogen (secondary N) is 1. The maximum absolute atomic E-state index is 15.4. The topological polar surface area (TPSA) is 50.8 Å². The molecule has 3 fully saturated rings. The fraction of sp³-hybridized carbons (Fsp3) is 0.519. The van der Waals surface area contributed by atoms with Crippen LogP contribution in [0.3, 0.4) is 0 Å². The molecule has 37 heavy (non-hydrogen) atoms. The molecule has 2 aromatic rings. The second-order valence-electron chi connectivity index (χ2n) is 10.9. The van der Waals surface area contributed by atoms with Crippen LogP contribution in [0.15, 0.2) is 30.3 Å². The van der Waals surface area contributed by atoms with Gasteiger partial charge >= 0.3 is 12.3 Å². The third-order valence-corrected chi connectivity index (χ3v) is 8.03. The van der Waals surface area contributed by atoms with Crippen molar-refractivity contribution < 1.29 is 31.8 Å². The molecule has 0 aromatic heterocycles. The molecule has 5 nitrogen and oxygen atoms in total. The van der Waals surface area contributed by atoms with Gasteiger partial charge < -0.3 is 14.8 Å². The minimum absolute atomic E-state index is 0.0560. The standard InChI is InChI=1S/C27H29ClF4N2O3/c1-26(2)12-16-9-20(18-4-3-17(10-21(18)28)36-14-27(30,31)32)22(29)11-19(16)24(26)33-25(35)37-23-13-34-7-5-15(23)6-8-34/h3-4,9-11,15,23-24H,5-8,12-14H2,1-2H3,(H,33,35)/t23-,24+/m1/s1. The van der Waals surface area contributed by atoms with Crippen LogP contribution in [0.2, 0.25) is 5.02 Å². The maximum Gasteiger partial charge on any atom is 0.422 e. The van der Waals surface area contributed by atoms with Gasteiger partial charge in [-0.05, 0) is 85.1 Å². The molecule has 4 aliphatic rings. The van der Waals surface area contributed by atoms with Crippen LogP contribution in [0, 0.1) is 17.2 Å². The summed E-state index contributed by atoms with van der Waals surface area (Å²) >= 11 is 6.30. The van der Waals surface area contributed by atoms with Gasteiger partial charge in [-0.2, -0.15) is 13.2 Å². The number of hydrogen-bond acceptors (Lipinski definition) is 4.